The predicted octanol–water partition coefficient (Wildman–Crippen LogP) is 2.64. The molecule has 1 heterocycles. The van der Waals surface area contributed by atoms with Crippen molar-refractivity contribution < 1.29 is 4.79 Å². The Hall–Kier alpha value is -1.04. The van der Waals surface area contributed by atoms with Crippen LogP contribution in [-0.4, -0.2) is 32.4 Å². The third-order valence-electron chi connectivity index (χ3n) is 3.53. The summed E-state index contributed by atoms with van der Waals surface area (Å²) in [5, 5.41) is 10.7. The average Bonchev–Trinajstić information content (AvgIpc) is 2.98. The van der Waals surface area contributed by atoms with E-state index in [9.17, 15) is 4.79 Å². The van der Waals surface area contributed by atoms with Gasteiger partial charge in [0.1, 0.15) is 5.82 Å². The van der Waals surface area contributed by atoms with E-state index in [-0.39, 0.29) is 16.6 Å². The molecule has 0 aromatic carbocycles. The number of H-pyrrole nitrogens is 1. The molecule has 0 saturated heterocycles. The van der Waals surface area contributed by atoms with E-state index >= 15 is 0 Å². The van der Waals surface area contributed by atoms with E-state index in [0.29, 0.717) is 11.2 Å². The fourth-order valence-corrected chi connectivity index (χ4v) is 2.97. The molecule has 1 aromatic rings. The summed E-state index contributed by atoms with van der Waals surface area (Å²) in [6.45, 7) is 8.15. The van der Waals surface area contributed by atoms with Gasteiger partial charge in [-0.3, -0.25) is 9.89 Å². The van der Waals surface area contributed by atoms with E-state index in [1.54, 1.807) is 0 Å². The fraction of sp³-hybridized carbons (Fsp3) is 0.786. The number of rotatable bonds is 4. The zero-order valence-electron chi connectivity index (χ0n) is 12.7. The van der Waals surface area contributed by atoms with Gasteiger partial charge >= 0.3 is 0 Å². The van der Waals surface area contributed by atoms with Crippen LogP contribution in [0, 0.1) is 0 Å². The molecule has 1 amide bonds. The van der Waals surface area contributed by atoms with Gasteiger partial charge in [-0.25, -0.2) is 4.98 Å². The monoisotopic (exact) mass is 296 g/mol. The SMILES string of the molecule is CC(Sc1n[nH]c(C(C)(C)C)n1)C(=O)NC1CCCC1. The maximum Gasteiger partial charge on any atom is 0.233 e. The van der Waals surface area contributed by atoms with Crippen LogP contribution in [0.1, 0.15) is 59.2 Å². The molecular formula is C14H24N4OS. The Bertz CT molecular complexity index is 460. The van der Waals surface area contributed by atoms with E-state index in [0.717, 1.165) is 18.7 Å². The lowest BCUT2D eigenvalue weighted by molar-refractivity contribution is -0.120. The van der Waals surface area contributed by atoms with Crippen molar-refractivity contribution in [2.45, 2.75) is 75.2 Å². The van der Waals surface area contributed by atoms with E-state index in [1.807, 2.05) is 6.92 Å². The summed E-state index contributed by atoms with van der Waals surface area (Å²) in [6, 6.07) is 0.364. The van der Waals surface area contributed by atoms with Crippen LogP contribution < -0.4 is 5.32 Å². The van der Waals surface area contributed by atoms with E-state index in [2.05, 4.69) is 41.3 Å². The first-order valence-corrected chi connectivity index (χ1v) is 8.14. The largest absolute Gasteiger partial charge is 0.352 e. The number of aromatic amines is 1. The Balaban J connectivity index is 1.88. The van der Waals surface area contributed by atoms with Crippen molar-refractivity contribution in [2.75, 3.05) is 0 Å². The van der Waals surface area contributed by atoms with Gasteiger partial charge in [0, 0.05) is 11.5 Å². The highest BCUT2D eigenvalue weighted by Crippen LogP contribution is 2.24. The molecule has 1 unspecified atom stereocenters. The van der Waals surface area contributed by atoms with Crippen molar-refractivity contribution in [3.63, 3.8) is 0 Å². The first-order valence-electron chi connectivity index (χ1n) is 7.26. The quantitative estimate of drug-likeness (QED) is 0.838. The second-order valence-corrected chi connectivity index (χ2v) is 7.77. The van der Waals surface area contributed by atoms with Gasteiger partial charge in [0.05, 0.1) is 5.25 Å². The Kier molecular flexibility index (Phi) is 4.73. The van der Waals surface area contributed by atoms with Crippen LogP contribution in [0.5, 0.6) is 0 Å². The summed E-state index contributed by atoms with van der Waals surface area (Å²) < 4.78 is 0. The Morgan fingerprint density at radius 2 is 2.05 bits per heavy atom. The van der Waals surface area contributed by atoms with Gasteiger partial charge in [0.2, 0.25) is 11.1 Å². The van der Waals surface area contributed by atoms with Gasteiger partial charge in [-0.1, -0.05) is 45.4 Å². The van der Waals surface area contributed by atoms with Gasteiger partial charge < -0.3 is 5.32 Å². The zero-order chi connectivity index (χ0) is 14.8. The molecule has 112 valence electrons. The number of hydrogen-bond acceptors (Lipinski definition) is 4. The molecule has 6 heteroatoms. The van der Waals surface area contributed by atoms with Gasteiger partial charge in [0.15, 0.2) is 0 Å². The summed E-state index contributed by atoms with van der Waals surface area (Å²) in [6.07, 6.45) is 4.67. The maximum absolute atomic E-state index is 12.1. The van der Waals surface area contributed by atoms with Gasteiger partial charge in [0.25, 0.3) is 0 Å². The van der Waals surface area contributed by atoms with E-state index < -0.39 is 0 Å². The molecule has 1 atom stereocenters. The van der Waals surface area contributed by atoms with Crippen molar-refractivity contribution in [3.8, 4) is 0 Å². The molecule has 2 N–H and O–H groups in total. The van der Waals surface area contributed by atoms with E-state index in [4.69, 9.17) is 0 Å². The number of amides is 1. The van der Waals surface area contributed by atoms with Crippen molar-refractivity contribution in [2.24, 2.45) is 0 Å². The summed E-state index contributed by atoms with van der Waals surface area (Å²) >= 11 is 1.41. The number of nitrogens with zero attached hydrogens (tertiary/aromatic N) is 2. The number of carbonyl (C=O) groups excluding carboxylic acids is 1. The van der Waals surface area contributed by atoms with Crippen molar-refractivity contribution in [1.29, 1.82) is 0 Å². The molecular weight excluding hydrogens is 272 g/mol. The van der Waals surface area contributed by atoms with Crippen LogP contribution in [0.15, 0.2) is 5.16 Å². The predicted molar refractivity (Wildman–Crippen MR) is 80.8 cm³/mol. The van der Waals surface area contributed by atoms with Gasteiger partial charge in [-0.15, -0.1) is 5.10 Å². The molecule has 0 radical (unpaired) electrons. The summed E-state index contributed by atoms with van der Waals surface area (Å²) in [4.78, 5) is 16.6. The Labute approximate surface area is 124 Å². The van der Waals surface area contributed by atoms with Crippen LogP contribution in [0.4, 0.5) is 0 Å². The second kappa shape index (κ2) is 6.16. The molecule has 0 spiro atoms. The molecule has 1 saturated carbocycles. The molecule has 1 fully saturated rings. The molecule has 20 heavy (non-hydrogen) atoms. The van der Waals surface area contributed by atoms with Crippen LogP contribution in [0.25, 0.3) is 0 Å². The average molecular weight is 296 g/mol. The highest BCUT2D eigenvalue weighted by Gasteiger charge is 2.24. The fourth-order valence-electron chi connectivity index (χ4n) is 2.23. The van der Waals surface area contributed by atoms with Crippen LogP contribution in [0.3, 0.4) is 0 Å². The van der Waals surface area contributed by atoms with E-state index in [1.165, 1.54) is 24.6 Å². The lowest BCUT2D eigenvalue weighted by Crippen LogP contribution is -2.37. The molecule has 0 aliphatic heterocycles. The topological polar surface area (TPSA) is 70.7 Å². The summed E-state index contributed by atoms with van der Waals surface area (Å²) in [7, 11) is 0. The number of aromatic nitrogens is 3. The normalized spacial score (nSPS) is 18.2. The zero-order valence-corrected chi connectivity index (χ0v) is 13.5. The molecule has 5 nitrogen and oxygen atoms in total. The third-order valence-corrected chi connectivity index (χ3v) is 4.49. The van der Waals surface area contributed by atoms with Crippen LogP contribution >= 0.6 is 11.8 Å². The number of thioether (sulfide) groups is 1. The standard InChI is InChI=1S/C14H24N4OS/c1-9(11(19)15-10-7-5-6-8-10)20-13-16-12(17-18-13)14(2,3)4/h9-10H,5-8H2,1-4H3,(H,15,19)(H,16,17,18). The number of carbonyl (C=O) groups is 1. The smallest absolute Gasteiger partial charge is 0.233 e. The van der Waals surface area contributed by atoms with Crippen LogP contribution in [0.2, 0.25) is 0 Å². The number of hydrogen-bond donors (Lipinski definition) is 2. The third kappa shape index (κ3) is 3.98. The first kappa shape index (κ1) is 15.4. The summed E-state index contributed by atoms with van der Waals surface area (Å²) in [5.74, 6) is 0.937. The van der Waals surface area contributed by atoms with Crippen LogP contribution in [-0.2, 0) is 10.2 Å². The minimum Gasteiger partial charge on any atom is -0.352 e. The minimum atomic E-state index is -0.167. The molecule has 1 aromatic heterocycles. The minimum absolute atomic E-state index is 0.0544. The highest BCUT2D eigenvalue weighted by molar-refractivity contribution is 8.00. The van der Waals surface area contributed by atoms with Crippen molar-refractivity contribution in [3.05, 3.63) is 5.82 Å². The summed E-state index contributed by atoms with van der Waals surface area (Å²) in [5.41, 5.74) is -0.0544. The molecule has 0 bridgehead atoms. The Morgan fingerprint density at radius 3 is 2.60 bits per heavy atom. The first-order chi connectivity index (χ1) is 9.36. The van der Waals surface area contributed by atoms with Crippen molar-refractivity contribution in [1.82, 2.24) is 20.5 Å². The van der Waals surface area contributed by atoms with Gasteiger partial charge in [-0.2, -0.15) is 0 Å². The Morgan fingerprint density at radius 1 is 1.40 bits per heavy atom. The van der Waals surface area contributed by atoms with Crippen molar-refractivity contribution >= 4 is 17.7 Å². The lowest BCUT2D eigenvalue weighted by atomic mass is 9.96. The lowest BCUT2D eigenvalue weighted by Gasteiger charge is -2.15. The highest BCUT2D eigenvalue weighted by atomic mass is 32.2. The maximum atomic E-state index is 12.1. The van der Waals surface area contributed by atoms with Gasteiger partial charge in [-0.05, 0) is 19.8 Å². The molecule has 1 aliphatic rings. The second-order valence-electron chi connectivity index (χ2n) is 6.47. The number of nitrogens with one attached hydrogen (secondary N) is 2. The molecule has 2 rings (SSSR count). The molecule has 1 aliphatic carbocycles.